The first-order valence-electron chi connectivity index (χ1n) is 20.7. The van der Waals surface area contributed by atoms with E-state index in [-0.39, 0.29) is 5.48 Å². The molecule has 17 heteroatoms. The van der Waals surface area contributed by atoms with Gasteiger partial charge in [0.1, 0.15) is 11.5 Å². The molecular weight excluding hydrogens is 922 g/mol. The lowest BCUT2D eigenvalue weighted by Crippen LogP contribution is -2.40. The van der Waals surface area contributed by atoms with Gasteiger partial charge in [-0.05, 0) is 87.0 Å². The predicted octanol–water partition coefficient (Wildman–Crippen LogP) is 10.1. The van der Waals surface area contributed by atoms with Crippen LogP contribution in [0.1, 0.15) is 62.5 Å². The Bertz CT molecular complexity index is 1940. The number of rotatable bonds is 14. The maximum atomic E-state index is 9.10. The van der Waals surface area contributed by atoms with Crippen molar-refractivity contribution >= 4 is 82.4 Å². The summed E-state index contributed by atoms with van der Waals surface area (Å²) in [6.45, 7) is 5.70. The number of hydrogen-bond donors (Lipinski definition) is 4. The normalized spacial score (nSPS) is 16.0. The summed E-state index contributed by atoms with van der Waals surface area (Å²) in [7, 11) is 0. The largest absolute Gasteiger partial charge is 0.493 e. The fourth-order valence-electron chi connectivity index (χ4n) is 6.79. The highest BCUT2D eigenvalue weighted by molar-refractivity contribution is 6.42. The van der Waals surface area contributed by atoms with Gasteiger partial charge in [0, 0.05) is 37.3 Å². The first kappa shape index (κ1) is 56.0. The molecule has 2 saturated heterocycles. The third-order valence-electron chi connectivity index (χ3n) is 9.99. The molecular formula is C48H56Cl4N2O11. The van der Waals surface area contributed by atoms with Gasteiger partial charge in [-0.3, -0.25) is 9.80 Å². The molecule has 352 valence electrons. The third-order valence-corrected chi connectivity index (χ3v) is 11.5. The van der Waals surface area contributed by atoms with Crippen LogP contribution in [-0.4, -0.2) is 111 Å². The molecule has 0 aliphatic carbocycles. The average molecular weight is 979 g/mol. The molecule has 2 aliphatic heterocycles. The second-order valence-corrected chi connectivity index (χ2v) is 16.2. The Labute approximate surface area is 399 Å². The fraction of sp³-hybridized carbons (Fsp3) is 0.333. The van der Waals surface area contributed by atoms with Crippen LogP contribution >= 0.6 is 46.4 Å². The molecule has 0 spiro atoms. The first-order valence-corrected chi connectivity index (χ1v) is 22.2. The Morgan fingerprint density at radius 1 is 0.523 bits per heavy atom. The van der Waals surface area contributed by atoms with Crippen LogP contribution in [-0.2, 0) is 19.2 Å². The molecule has 2 unspecified atom stereocenters. The zero-order valence-corrected chi connectivity index (χ0v) is 38.8. The first-order chi connectivity index (χ1) is 30.7. The maximum Gasteiger partial charge on any atom is 0.414 e. The molecule has 6 N–H and O–H groups in total. The minimum absolute atomic E-state index is 0. The van der Waals surface area contributed by atoms with Gasteiger partial charge in [-0.1, -0.05) is 144 Å². The van der Waals surface area contributed by atoms with E-state index in [1.54, 1.807) is 24.3 Å². The summed E-state index contributed by atoms with van der Waals surface area (Å²) < 4.78 is 11.8. The molecule has 2 aliphatic rings. The maximum absolute atomic E-state index is 9.10. The van der Waals surface area contributed by atoms with Crippen molar-refractivity contribution in [3.8, 4) is 11.5 Å². The van der Waals surface area contributed by atoms with Crippen molar-refractivity contribution in [2.24, 2.45) is 0 Å². The summed E-state index contributed by atoms with van der Waals surface area (Å²) in [6.07, 6.45) is 18.7. The monoisotopic (exact) mass is 976 g/mol. The van der Waals surface area contributed by atoms with Gasteiger partial charge >= 0.3 is 23.9 Å². The second-order valence-electron chi connectivity index (χ2n) is 14.6. The van der Waals surface area contributed by atoms with E-state index in [1.165, 1.54) is 49.7 Å². The Morgan fingerprint density at radius 2 is 0.877 bits per heavy atom. The van der Waals surface area contributed by atoms with Crippen molar-refractivity contribution in [3.05, 3.63) is 140 Å². The zero-order valence-electron chi connectivity index (χ0n) is 35.7. The van der Waals surface area contributed by atoms with Crippen LogP contribution in [0.15, 0.2) is 109 Å². The van der Waals surface area contributed by atoms with Crippen LogP contribution in [0.2, 0.25) is 20.1 Å². The molecule has 6 rings (SSSR count). The molecule has 13 nitrogen and oxygen atoms in total. The molecule has 2 fully saturated rings. The minimum Gasteiger partial charge on any atom is -0.493 e. The van der Waals surface area contributed by atoms with Crippen LogP contribution in [0.4, 0.5) is 0 Å². The van der Waals surface area contributed by atoms with E-state index in [2.05, 4.69) is 82.6 Å². The van der Waals surface area contributed by atoms with E-state index in [9.17, 15) is 0 Å². The Morgan fingerprint density at radius 3 is 1.20 bits per heavy atom. The SMILES string of the molecule is Clc1ccc(OCCC2CCCCN2CC=Cc2ccccc2)cc1Cl.Clc1ccc(OCCC2CCCCN2CC=Cc2ccccc2)cc1Cl.O.O=C(O)C(=O)O.O=C(O)C(=O)O. The molecule has 4 aromatic rings. The van der Waals surface area contributed by atoms with Gasteiger partial charge < -0.3 is 35.4 Å². The van der Waals surface area contributed by atoms with Crippen molar-refractivity contribution in [2.45, 2.75) is 63.5 Å². The van der Waals surface area contributed by atoms with E-state index in [1.807, 2.05) is 24.3 Å². The standard InChI is InChI=1S/2C22H25Cl2NO.2C2H2O4.H2O/c2*23-21-12-11-20(17-22(21)24)26-16-13-19-10-4-5-14-25(19)15-6-9-18-7-2-1-3-8-18;2*3-1(4)2(5)6;/h2*1-3,6-9,11-12,17,19H,4-5,10,13-16H2;2*(H,3,4)(H,5,6);1H2. The number of benzene rings is 4. The topological polar surface area (TPSA) is 206 Å². The Hall–Kier alpha value is -5.12. The van der Waals surface area contributed by atoms with Gasteiger partial charge in [-0.25, -0.2) is 19.2 Å². The number of nitrogens with zero attached hydrogens (tertiary/aromatic N) is 2. The van der Waals surface area contributed by atoms with Crippen molar-refractivity contribution in [1.82, 2.24) is 9.80 Å². The highest BCUT2D eigenvalue weighted by Gasteiger charge is 2.22. The van der Waals surface area contributed by atoms with Crippen LogP contribution in [0.5, 0.6) is 11.5 Å². The molecule has 0 aromatic heterocycles. The average Bonchev–Trinajstić information content (AvgIpc) is 3.28. The van der Waals surface area contributed by atoms with Crippen LogP contribution in [0, 0.1) is 0 Å². The summed E-state index contributed by atoms with van der Waals surface area (Å²) in [5, 5.41) is 31.8. The Balaban J connectivity index is 0.000000353. The van der Waals surface area contributed by atoms with E-state index < -0.39 is 23.9 Å². The highest BCUT2D eigenvalue weighted by atomic mass is 35.5. The highest BCUT2D eigenvalue weighted by Crippen LogP contribution is 2.28. The molecule has 0 bridgehead atoms. The lowest BCUT2D eigenvalue weighted by Gasteiger charge is -2.35. The van der Waals surface area contributed by atoms with Gasteiger partial charge in [-0.2, -0.15) is 0 Å². The number of carboxylic acids is 4. The van der Waals surface area contributed by atoms with Crippen LogP contribution < -0.4 is 9.47 Å². The van der Waals surface area contributed by atoms with Gasteiger partial charge in [0.2, 0.25) is 0 Å². The van der Waals surface area contributed by atoms with Crippen molar-refractivity contribution in [3.63, 3.8) is 0 Å². The van der Waals surface area contributed by atoms with Gasteiger partial charge in [0.05, 0.1) is 33.3 Å². The van der Waals surface area contributed by atoms with E-state index in [4.69, 9.17) is 95.5 Å². The zero-order chi connectivity index (χ0) is 46.7. The molecule has 4 aromatic carbocycles. The number of piperidine rings is 2. The number of likely N-dealkylation sites (tertiary alicyclic amines) is 2. The summed E-state index contributed by atoms with van der Waals surface area (Å²) in [6, 6.07) is 32.9. The number of hydrogen-bond acceptors (Lipinski definition) is 8. The van der Waals surface area contributed by atoms with E-state index >= 15 is 0 Å². The molecule has 2 heterocycles. The van der Waals surface area contributed by atoms with Crippen LogP contribution in [0.3, 0.4) is 0 Å². The summed E-state index contributed by atoms with van der Waals surface area (Å²) in [5.41, 5.74) is 2.51. The lowest BCUT2D eigenvalue weighted by atomic mass is 9.99. The fourth-order valence-corrected chi connectivity index (χ4v) is 7.37. The number of carboxylic acid groups (broad SMARTS) is 4. The molecule has 0 saturated carbocycles. The predicted molar refractivity (Wildman–Crippen MR) is 257 cm³/mol. The van der Waals surface area contributed by atoms with Crippen molar-refractivity contribution in [2.75, 3.05) is 39.4 Å². The number of aliphatic carboxylic acids is 4. The number of halogens is 4. The summed E-state index contributed by atoms with van der Waals surface area (Å²) in [4.78, 5) is 41.5. The quantitative estimate of drug-likeness (QED) is 0.0872. The molecule has 65 heavy (non-hydrogen) atoms. The number of carbonyl (C=O) groups is 4. The minimum atomic E-state index is -1.82. The molecule has 0 radical (unpaired) electrons. The summed E-state index contributed by atoms with van der Waals surface area (Å²) >= 11 is 24.0. The van der Waals surface area contributed by atoms with Gasteiger partial charge in [0.15, 0.2) is 0 Å². The van der Waals surface area contributed by atoms with E-state index in [0.717, 1.165) is 50.5 Å². The second kappa shape index (κ2) is 31.7. The third kappa shape index (κ3) is 23.1. The van der Waals surface area contributed by atoms with E-state index in [0.29, 0.717) is 45.4 Å². The summed E-state index contributed by atoms with van der Waals surface area (Å²) in [5.74, 6) is -5.73. The van der Waals surface area contributed by atoms with Gasteiger partial charge in [-0.15, -0.1) is 0 Å². The van der Waals surface area contributed by atoms with Crippen molar-refractivity contribution in [1.29, 1.82) is 0 Å². The molecule has 0 amide bonds. The molecule has 2 atom stereocenters. The Kier molecular flexibility index (Phi) is 27.3. The van der Waals surface area contributed by atoms with Crippen LogP contribution in [0.25, 0.3) is 12.2 Å². The van der Waals surface area contributed by atoms with Crippen molar-refractivity contribution < 1.29 is 54.6 Å². The lowest BCUT2D eigenvalue weighted by molar-refractivity contribution is -0.159. The number of ether oxygens (including phenoxy) is 2. The smallest absolute Gasteiger partial charge is 0.414 e. The van der Waals surface area contributed by atoms with Gasteiger partial charge in [0.25, 0.3) is 0 Å².